The van der Waals surface area contributed by atoms with Crippen molar-refractivity contribution in [3.05, 3.63) is 64.9 Å². The molecule has 10 nitrogen and oxygen atoms in total. The van der Waals surface area contributed by atoms with Gasteiger partial charge in [-0.05, 0) is 23.8 Å². The maximum atomic E-state index is 14.1. The number of amides is 4. The molecule has 4 N–H and O–H groups in total. The lowest BCUT2D eigenvalue weighted by atomic mass is 10.1. The molecule has 4 amide bonds. The molecule has 0 aliphatic carbocycles. The van der Waals surface area contributed by atoms with Crippen LogP contribution in [0.3, 0.4) is 0 Å². The Labute approximate surface area is 190 Å². The van der Waals surface area contributed by atoms with Crippen LogP contribution in [0.4, 0.5) is 19.3 Å². The number of hydrogen-bond acceptors (Lipinski definition) is 5. The number of anilines is 1. The van der Waals surface area contributed by atoms with Gasteiger partial charge in [0.25, 0.3) is 11.8 Å². The Balaban J connectivity index is 1.56. The fraction of sp³-hybridized carbons (Fsp3) is 0.182. The van der Waals surface area contributed by atoms with Gasteiger partial charge in [0, 0.05) is 31.3 Å². The molecule has 4 rings (SSSR count). The Morgan fingerprint density at radius 1 is 1.15 bits per heavy atom. The van der Waals surface area contributed by atoms with Crippen molar-refractivity contribution in [1.29, 1.82) is 0 Å². The van der Waals surface area contributed by atoms with Gasteiger partial charge in [0.05, 0.1) is 5.39 Å². The van der Waals surface area contributed by atoms with Crippen LogP contribution >= 0.6 is 0 Å². The summed E-state index contributed by atoms with van der Waals surface area (Å²) in [5.74, 6) is -4.70. The summed E-state index contributed by atoms with van der Waals surface area (Å²) in [4.78, 5) is 50.4. The van der Waals surface area contributed by atoms with Crippen molar-refractivity contribution >= 4 is 40.5 Å². The number of carboxylic acid groups (broad SMARTS) is 1. The van der Waals surface area contributed by atoms with Gasteiger partial charge in [-0.15, -0.1) is 0 Å². The third-order valence-corrected chi connectivity index (χ3v) is 5.32. The van der Waals surface area contributed by atoms with Crippen LogP contribution in [0, 0.1) is 11.6 Å². The summed E-state index contributed by atoms with van der Waals surface area (Å²) in [6, 6.07) is 7.70. The summed E-state index contributed by atoms with van der Waals surface area (Å²) >= 11 is 0. The summed E-state index contributed by atoms with van der Waals surface area (Å²) in [7, 11) is 0. The normalized spacial score (nSPS) is 13.9. The minimum atomic E-state index is -1.17. The first-order valence-electron chi connectivity index (χ1n) is 10.0. The van der Waals surface area contributed by atoms with E-state index in [-0.39, 0.29) is 48.7 Å². The lowest BCUT2D eigenvalue weighted by molar-refractivity contribution is -0.135. The van der Waals surface area contributed by atoms with Crippen LogP contribution < -0.4 is 11.1 Å². The predicted octanol–water partition coefficient (Wildman–Crippen LogP) is 2.38. The molecule has 1 aliphatic rings. The topological polar surface area (TPSA) is 146 Å². The lowest BCUT2D eigenvalue weighted by Gasteiger charge is -2.32. The maximum absolute atomic E-state index is 14.1. The predicted molar refractivity (Wildman–Crippen MR) is 114 cm³/mol. The number of furan rings is 1. The van der Waals surface area contributed by atoms with E-state index < -0.39 is 40.9 Å². The fourth-order valence-electron chi connectivity index (χ4n) is 3.68. The molecule has 0 atom stereocenters. The number of carbonyl (C=O) groups is 4. The van der Waals surface area contributed by atoms with Crippen LogP contribution in [0.2, 0.25) is 0 Å². The second-order valence-corrected chi connectivity index (χ2v) is 7.61. The van der Waals surface area contributed by atoms with Crippen molar-refractivity contribution in [3.8, 4) is 0 Å². The van der Waals surface area contributed by atoms with Crippen LogP contribution in [0.25, 0.3) is 11.0 Å². The molecule has 12 heteroatoms. The van der Waals surface area contributed by atoms with E-state index in [0.717, 1.165) is 11.0 Å². The van der Waals surface area contributed by atoms with E-state index in [2.05, 4.69) is 5.32 Å². The average molecular weight is 472 g/mol. The van der Waals surface area contributed by atoms with E-state index in [1.165, 1.54) is 17.0 Å². The van der Waals surface area contributed by atoms with Gasteiger partial charge < -0.3 is 25.5 Å². The molecule has 1 aliphatic heterocycles. The smallest absolute Gasteiger partial charge is 0.407 e. The highest BCUT2D eigenvalue weighted by Crippen LogP contribution is 2.33. The van der Waals surface area contributed by atoms with Crippen LogP contribution in [-0.2, 0) is 11.3 Å². The molecule has 176 valence electrons. The number of piperazine rings is 1. The highest BCUT2D eigenvalue weighted by Gasteiger charge is 2.27. The van der Waals surface area contributed by atoms with Crippen molar-refractivity contribution in [1.82, 2.24) is 9.80 Å². The minimum Gasteiger partial charge on any atom is -0.465 e. The number of nitrogens with one attached hydrogen (secondary N) is 1. The van der Waals surface area contributed by atoms with Gasteiger partial charge in [-0.3, -0.25) is 19.3 Å². The van der Waals surface area contributed by atoms with Gasteiger partial charge >= 0.3 is 6.09 Å². The quantitative estimate of drug-likeness (QED) is 0.520. The molecule has 3 aromatic rings. The standard InChI is InChI=1S/C22H18F2N4O6/c23-13-7-14-17(19(20(25)30)34-18(14)15(24)8-13)26-21(31)12-3-1-2-11(6-12)9-27-4-5-28(22(32)33)10-16(27)29/h1-3,6-8H,4-5,9-10H2,(H2,25,30)(H,26,31)(H,32,33). The number of rotatable bonds is 5. The molecule has 1 aromatic heterocycles. The van der Waals surface area contributed by atoms with Crippen LogP contribution in [-0.4, -0.2) is 58.4 Å². The van der Waals surface area contributed by atoms with E-state index in [0.29, 0.717) is 11.6 Å². The second-order valence-electron chi connectivity index (χ2n) is 7.61. The van der Waals surface area contributed by atoms with E-state index >= 15 is 0 Å². The van der Waals surface area contributed by atoms with Crippen molar-refractivity contribution < 1.29 is 37.5 Å². The molecule has 0 saturated carbocycles. The average Bonchev–Trinajstić information content (AvgIpc) is 3.14. The Morgan fingerprint density at radius 3 is 2.59 bits per heavy atom. The molecule has 0 radical (unpaired) electrons. The maximum Gasteiger partial charge on any atom is 0.407 e. The number of nitrogens with zero attached hydrogens (tertiary/aromatic N) is 2. The van der Waals surface area contributed by atoms with Crippen LogP contribution in [0.1, 0.15) is 26.5 Å². The number of primary amides is 1. The summed E-state index contributed by atoms with van der Waals surface area (Å²) in [6.07, 6.45) is -1.17. The Morgan fingerprint density at radius 2 is 1.91 bits per heavy atom. The number of halogens is 2. The van der Waals surface area contributed by atoms with E-state index in [9.17, 15) is 28.0 Å². The monoisotopic (exact) mass is 472 g/mol. The minimum absolute atomic E-state index is 0.135. The van der Waals surface area contributed by atoms with E-state index in [1.54, 1.807) is 12.1 Å². The van der Waals surface area contributed by atoms with Gasteiger partial charge in [-0.2, -0.15) is 0 Å². The Hall–Kier alpha value is -4.48. The zero-order valence-electron chi connectivity index (χ0n) is 17.5. The van der Waals surface area contributed by atoms with E-state index in [4.69, 9.17) is 15.3 Å². The summed E-state index contributed by atoms with van der Waals surface area (Å²) in [5.41, 5.74) is 5.30. The second kappa shape index (κ2) is 8.81. The van der Waals surface area contributed by atoms with Crippen molar-refractivity contribution in [3.63, 3.8) is 0 Å². The molecular weight excluding hydrogens is 454 g/mol. The third-order valence-electron chi connectivity index (χ3n) is 5.32. The van der Waals surface area contributed by atoms with Gasteiger partial charge in [-0.1, -0.05) is 12.1 Å². The molecule has 0 spiro atoms. The first-order chi connectivity index (χ1) is 16.1. The number of benzene rings is 2. The van der Waals surface area contributed by atoms with Gasteiger partial charge in [0.2, 0.25) is 11.7 Å². The Kier molecular flexibility index (Phi) is 5.88. The highest BCUT2D eigenvalue weighted by molar-refractivity contribution is 6.14. The fourth-order valence-corrected chi connectivity index (χ4v) is 3.68. The van der Waals surface area contributed by atoms with Gasteiger partial charge in [-0.25, -0.2) is 13.6 Å². The van der Waals surface area contributed by atoms with Crippen LogP contribution in [0.15, 0.2) is 40.8 Å². The largest absolute Gasteiger partial charge is 0.465 e. The first-order valence-corrected chi connectivity index (χ1v) is 10.0. The molecule has 0 bridgehead atoms. The SMILES string of the molecule is NC(=O)c1oc2c(F)cc(F)cc2c1NC(=O)c1cccc(CN2CCN(C(=O)O)CC2=O)c1. The molecule has 1 saturated heterocycles. The number of hydrogen-bond donors (Lipinski definition) is 3. The Bertz CT molecular complexity index is 1340. The van der Waals surface area contributed by atoms with Gasteiger partial charge in [0.15, 0.2) is 11.4 Å². The van der Waals surface area contributed by atoms with Crippen molar-refractivity contribution in [2.75, 3.05) is 25.0 Å². The van der Waals surface area contributed by atoms with Gasteiger partial charge in [0.1, 0.15) is 18.0 Å². The molecule has 2 heterocycles. The van der Waals surface area contributed by atoms with Crippen LogP contribution in [0.5, 0.6) is 0 Å². The lowest BCUT2D eigenvalue weighted by Crippen LogP contribution is -2.51. The molecule has 0 unspecified atom stereocenters. The molecular formula is C22H18F2N4O6. The number of carbonyl (C=O) groups excluding carboxylic acids is 3. The molecule has 34 heavy (non-hydrogen) atoms. The first kappa shape index (κ1) is 22.7. The zero-order valence-corrected chi connectivity index (χ0v) is 17.5. The highest BCUT2D eigenvalue weighted by atomic mass is 19.1. The summed E-state index contributed by atoms with van der Waals surface area (Å²) in [5, 5.41) is 11.3. The summed E-state index contributed by atoms with van der Waals surface area (Å²) in [6.45, 7) is 0.247. The molecule has 1 fully saturated rings. The third kappa shape index (κ3) is 4.37. The summed E-state index contributed by atoms with van der Waals surface area (Å²) < 4.78 is 32.9. The number of fused-ring (bicyclic) bond motifs is 1. The molecule has 2 aromatic carbocycles. The van der Waals surface area contributed by atoms with Crippen molar-refractivity contribution in [2.45, 2.75) is 6.54 Å². The van der Waals surface area contributed by atoms with E-state index in [1.807, 2.05) is 0 Å². The zero-order chi connectivity index (χ0) is 24.6. The number of nitrogens with two attached hydrogens (primary N) is 1. The van der Waals surface area contributed by atoms with Crippen molar-refractivity contribution in [2.24, 2.45) is 5.73 Å².